The first-order chi connectivity index (χ1) is 17.9. The minimum absolute atomic E-state index is 0.00738. The number of fused-ring (bicyclic) bond motifs is 1. The van der Waals surface area contributed by atoms with Crippen LogP contribution in [0.2, 0.25) is 0 Å². The van der Waals surface area contributed by atoms with Crippen LogP contribution in [0.3, 0.4) is 0 Å². The molecule has 0 unspecified atom stereocenters. The number of nitrogens with zero attached hydrogens (tertiary/aromatic N) is 2. The molecule has 37 heavy (non-hydrogen) atoms. The standard InChI is InChI=1S/C29H32N2O4S2/c1-5-34-29(33)27-21(31(17(2)3)28(32)19-10-8-18(4)9-11-19)16-26(37-27)25-13-12-24(36-25)23-15-20-22(35-23)7-6-14-30-20/h6-7,12-19H,5,8-11H2,1-4H3. The molecule has 4 heterocycles. The number of rotatable bonds is 7. The minimum atomic E-state index is -0.385. The SMILES string of the molecule is CCOC(=O)c1sc(-c2ccc(-c3cc4ncccc4o3)s2)cc1N(C(=O)C1CCC(C)CC1)C(C)C. The predicted molar refractivity (Wildman–Crippen MR) is 150 cm³/mol. The zero-order chi connectivity index (χ0) is 26.1. The van der Waals surface area contributed by atoms with Crippen molar-refractivity contribution in [1.29, 1.82) is 0 Å². The van der Waals surface area contributed by atoms with Crippen LogP contribution in [0.4, 0.5) is 5.69 Å². The number of hydrogen-bond donors (Lipinski definition) is 0. The fourth-order valence-electron chi connectivity index (χ4n) is 4.97. The summed E-state index contributed by atoms with van der Waals surface area (Å²) < 4.78 is 11.4. The topological polar surface area (TPSA) is 72.6 Å². The van der Waals surface area contributed by atoms with Crippen molar-refractivity contribution in [2.45, 2.75) is 59.4 Å². The first-order valence-corrected chi connectivity index (χ1v) is 14.6. The Kier molecular flexibility index (Phi) is 7.49. The second-order valence-corrected chi connectivity index (χ2v) is 12.1. The summed E-state index contributed by atoms with van der Waals surface area (Å²) in [6.45, 7) is 8.35. The van der Waals surface area contributed by atoms with Gasteiger partial charge in [0.1, 0.15) is 16.2 Å². The molecule has 1 saturated carbocycles. The van der Waals surface area contributed by atoms with Gasteiger partial charge in [0.05, 0.1) is 17.2 Å². The Morgan fingerprint density at radius 3 is 2.54 bits per heavy atom. The molecule has 6 nitrogen and oxygen atoms in total. The van der Waals surface area contributed by atoms with E-state index in [1.807, 2.05) is 55.1 Å². The molecule has 0 saturated heterocycles. The molecule has 1 aliphatic carbocycles. The number of carbonyl (C=O) groups is 2. The average molecular weight is 537 g/mol. The third-order valence-corrected chi connectivity index (χ3v) is 9.33. The maximum atomic E-state index is 13.8. The van der Waals surface area contributed by atoms with E-state index in [4.69, 9.17) is 9.15 Å². The van der Waals surface area contributed by atoms with Crippen molar-refractivity contribution < 1.29 is 18.7 Å². The van der Waals surface area contributed by atoms with Crippen molar-refractivity contribution in [1.82, 2.24) is 4.98 Å². The van der Waals surface area contributed by atoms with E-state index in [2.05, 4.69) is 11.9 Å². The van der Waals surface area contributed by atoms with E-state index in [0.29, 0.717) is 16.5 Å². The average Bonchev–Trinajstić information content (AvgIpc) is 3.62. The molecule has 0 aromatic carbocycles. The quantitative estimate of drug-likeness (QED) is 0.224. The van der Waals surface area contributed by atoms with Crippen molar-refractivity contribution in [3.8, 4) is 20.4 Å². The number of aromatic nitrogens is 1. The van der Waals surface area contributed by atoms with Crippen molar-refractivity contribution in [3.63, 3.8) is 0 Å². The Bertz CT molecular complexity index is 1380. The lowest BCUT2D eigenvalue weighted by molar-refractivity contribution is -0.123. The molecular formula is C29H32N2O4S2. The van der Waals surface area contributed by atoms with Crippen LogP contribution in [-0.2, 0) is 9.53 Å². The Labute approximate surface area is 225 Å². The molecule has 0 bridgehead atoms. The van der Waals surface area contributed by atoms with Gasteiger partial charge in [0.15, 0.2) is 5.58 Å². The molecule has 4 aromatic heterocycles. The van der Waals surface area contributed by atoms with Gasteiger partial charge in [0.2, 0.25) is 5.91 Å². The van der Waals surface area contributed by atoms with E-state index in [9.17, 15) is 9.59 Å². The molecule has 1 aliphatic rings. The van der Waals surface area contributed by atoms with E-state index < -0.39 is 0 Å². The molecule has 0 aliphatic heterocycles. The van der Waals surface area contributed by atoms with Gasteiger partial charge in [-0.3, -0.25) is 9.78 Å². The highest BCUT2D eigenvalue weighted by atomic mass is 32.1. The van der Waals surface area contributed by atoms with Gasteiger partial charge in [0.25, 0.3) is 0 Å². The Balaban J connectivity index is 1.51. The second kappa shape index (κ2) is 10.8. The number of anilines is 1. The van der Waals surface area contributed by atoms with Crippen LogP contribution in [0.25, 0.3) is 31.5 Å². The van der Waals surface area contributed by atoms with Crippen molar-refractivity contribution in [3.05, 3.63) is 47.5 Å². The summed E-state index contributed by atoms with van der Waals surface area (Å²) in [6, 6.07) is 11.7. The maximum Gasteiger partial charge on any atom is 0.350 e. The van der Waals surface area contributed by atoms with Gasteiger partial charge < -0.3 is 14.1 Å². The van der Waals surface area contributed by atoms with E-state index >= 15 is 0 Å². The zero-order valence-electron chi connectivity index (χ0n) is 21.7. The molecule has 8 heteroatoms. The van der Waals surface area contributed by atoms with E-state index in [1.165, 1.54) is 11.3 Å². The highest BCUT2D eigenvalue weighted by Gasteiger charge is 2.34. The molecule has 0 atom stereocenters. The summed E-state index contributed by atoms with van der Waals surface area (Å²) in [5.41, 5.74) is 2.22. The van der Waals surface area contributed by atoms with Gasteiger partial charge in [-0.2, -0.15) is 0 Å². The van der Waals surface area contributed by atoms with Crippen LogP contribution in [0.15, 0.2) is 47.0 Å². The molecule has 5 rings (SSSR count). The number of thiophene rings is 2. The smallest absolute Gasteiger partial charge is 0.350 e. The van der Waals surface area contributed by atoms with Gasteiger partial charge in [-0.25, -0.2) is 4.79 Å². The first-order valence-electron chi connectivity index (χ1n) is 12.9. The number of hydrogen-bond acceptors (Lipinski definition) is 7. The molecule has 1 fully saturated rings. The number of carbonyl (C=O) groups excluding carboxylic acids is 2. The molecule has 0 radical (unpaired) electrons. The summed E-state index contributed by atoms with van der Waals surface area (Å²) >= 11 is 2.97. The molecule has 4 aromatic rings. The summed E-state index contributed by atoms with van der Waals surface area (Å²) in [5.74, 6) is 1.14. The third kappa shape index (κ3) is 5.22. The van der Waals surface area contributed by atoms with E-state index in [1.54, 1.807) is 24.5 Å². The summed E-state index contributed by atoms with van der Waals surface area (Å²) in [4.78, 5) is 36.4. The predicted octanol–water partition coefficient (Wildman–Crippen LogP) is 8.03. The van der Waals surface area contributed by atoms with Crippen molar-refractivity contribution >= 4 is 51.3 Å². The Hall–Kier alpha value is -2.97. The molecule has 194 valence electrons. The Morgan fingerprint density at radius 1 is 1.08 bits per heavy atom. The molecule has 0 spiro atoms. The first kappa shape index (κ1) is 25.7. The monoisotopic (exact) mass is 536 g/mol. The lowest BCUT2D eigenvalue weighted by Gasteiger charge is -2.33. The third-order valence-electron chi connectivity index (χ3n) is 6.93. The van der Waals surface area contributed by atoms with E-state index in [0.717, 1.165) is 57.2 Å². The highest BCUT2D eigenvalue weighted by molar-refractivity contribution is 7.24. The summed E-state index contributed by atoms with van der Waals surface area (Å²) in [5, 5.41) is 0. The van der Waals surface area contributed by atoms with Crippen LogP contribution >= 0.6 is 22.7 Å². The second-order valence-electron chi connectivity index (χ2n) is 9.97. The number of amides is 1. The van der Waals surface area contributed by atoms with Crippen molar-refractivity contribution in [2.24, 2.45) is 11.8 Å². The van der Waals surface area contributed by atoms with Gasteiger partial charge in [-0.1, -0.05) is 6.92 Å². The minimum Gasteiger partial charge on any atom is -0.462 e. The zero-order valence-corrected chi connectivity index (χ0v) is 23.3. The fourth-order valence-corrected chi connectivity index (χ4v) is 7.06. The number of pyridine rings is 1. The number of ether oxygens (including phenoxy) is 1. The number of furan rings is 1. The lowest BCUT2D eigenvalue weighted by Crippen LogP contribution is -2.42. The van der Waals surface area contributed by atoms with E-state index in [-0.39, 0.29) is 30.4 Å². The molecule has 0 N–H and O–H groups in total. The van der Waals surface area contributed by atoms with Gasteiger partial charge in [0, 0.05) is 34.0 Å². The lowest BCUT2D eigenvalue weighted by atomic mass is 9.82. The van der Waals surface area contributed by atoms with Gasteiger partial charge in [-0.05, 0) is 82.7 Å². The fraction of sp³-hybridized carbons (Fsp3) is 0.414. The van der Waals surface area contributed by atoms with Crippen LogP contribution in [-0.4, -0.2) is 29.5 Å². The van der Waals surface area contributed by atoms with Crippen LogP contribution in [0, 0.1) is 11.8 Å². The maximum absolute atomic E-state index is 13.8. The highest BCUT2D eigenvalue weighted by Crippen LogP contribution is 2.44. The molecule has 1 amide bonds. The Morgan fingerprint density at radius 2 is 1.84 bits per heavy atom. The summed E-state index contributed by atoms with van der Waals surface area (Å²) in [7, 11) is 0. The van der Waals surface area contributed by atoms with Crippen LogP contribution in [0.1, 0.15) is 63.0 Å². The van der Waals surface area contributed by atoms with Crippen LogP contribution < -0.4 is 4.90 Å². The van der Waals surface area contributed by atoms with Gasteiger partial charge >= 0.3 is 5.97 Å². The normalized spacial score (nSPS) is 17.9. The molecular weight excluding hydrogens is 504 g/mol. The number of esters is 1. The van der Waals surface area contributed by atoms with Crippen LogP contribution in [0.5, 0.6) is 0 Å². The van der Waals surface area contributed by atoms with Crippen molar-refractivity contribution in [2.75, 3.05) is 11.5 Å². The van der Waals surface area contributed by atoms with Gasteiger partial charge in [-0.15, -0.1) is 22.7 Å². The summed E-state index contributed by atoms with van der Waals surface area (Å²) in [6.07, 6.45) is 5.68. The largest absolute Gasteiger partial charge is 0.462 e.